The predicted octanol–water partition coefficient (Wildman–Crippen LogP) is 4.97. The van der Waals surface area contributed by atoms with Crippen LogP contribution >= 0.6 is 11.6 Å². The summed E-state index contributed by atoms with van der Waals surface area (Å²) in [5.74, 6) is 0.833. The number of nitrogens with one attached hydrogen (secondary N) is 2. The molecule has 0 radical (unpaired) electrons. The van der Waals surface area contributed by atoms with Crippen LogP contribution in [0.4, 0.5) is 0 Å². The van der Waals surface area contributed by atoms with Crippen LogP contribution in [0.3, 0.4) is 0 Å². The lowest BCUT2D eigenvalue weighted by Crippen LogP contribution is -2.43. The Balaban J connectivity index is 1.50. The van der Waals surface area contributed by atoms with Gasteiger partial charge in [-0.15, -0.1) is 0 Å². The van der Waals surface area contributed by atoms with Crippen LogP contribution in [-0.4, -0.2) is 37.3 Å². The minimum absolute atomic E-state index is 0.0354. The van der Waals surface area contributed by atoms with E-state index < -0.39 is 0 Å². The summed E-state index contributed by atoms with van der Waals surface area (Å²) < 4.78 is 0. The zero-order chi connectivity index (χ0) is 21.6. The normalized spacial score (nSPS) is 23.9. The maximum Gasteiger partial charge on any atom is 0.252 e. The van der Waals surface area contributed by atoms with Crippen molar-refractivity contribution >= 4 is 17.5 Å². The molecule has 2 saturated carbocycles. The molecule has 168 valence electrons. The van der Waals surface area contributed by atoms with Crippen LogP contribution in [0.1, 0.15) is 81.1 Å². The van der Waals surface area contributed by atoms with Crippen LogP contribution in [0.2, 0.25) is 5.02 Å². The van der Waals surface area contributed by atoms with Gasteiger partial charge in [0, 0.05) is 25.1 Å². The molecular formula is C25H39ClN2O2. The molecule has 2 aliphatic rings. The molecule has 1 aromatic rings. The number of halogens is 1. The van der Waals surface area contributed by atoms with E-state index in [0.29, 0.717) is 16.0 Å². The SMILES string of the molecule is CC(C)(CO)CNCCCc1ccc(Cl)c(C(=O)NCC23CCCC(CCC2)C3)c1. The highest BCUT2D eigenvalue weighted by molar-refractivity contribution is 6.33. The lowest BCUT2D eigenvalue weighted by atomic mass is 9.62. The van der Waals surface area contributed by atoms with Crippen molar-refractivity contribution < 1.29 is 9.90 Å². The van der Waals surface area contributed by atoms with Crippen molar-refractivity contribution in [2.75, 3.05) is 26.2 Å². The summed E-state index contributed by atoms with van der Waals surface area (Å²) in [6, 6.07) is 5.82. The average Bonchev–Trinajstić information content (AvgIpc) is 2.73. The van der Waals surface area contributed by atoms with E-state index in [0.717, 1.165) is 44.0 Å². The molecule has 4 nitrogen and oxygen atoms in total. The Morgan fingerprint density at radius 3 is 2.70 bits per heavy atom. The van der Waals surface area contributed by atoms with Crippen molar-refractivity contribution in [1.29, 1.82) is 0 Å². The third-order valence-electron chi connectivity index (χ3n) is 7.11. The van der Waals surface area contributed by atoms with Gasteiger partial charge in [0.15, 0.2) is 0 Å². The number of aliphatic hydroxyl groups is 1. The second-order valence-electron chi connectivity index (χ2n) is 10.5. The Morgan fingerprint density at radius 2 is 2.00 bits per heavy atom. The summed E-state index contributed by atoms with van der Waals surface area (Å²) >= 11 is 6.37. The highest BCUT2D eigenvalue weighted by Gasteiger charge is 2.39. The number of hydrogen-bond acceptors (Lipinski definition) is 3. The first kappa shape index (κ1) is 23.6. The summed E-state index contributed by atoms with van der Waals surface area (Å²) in [6.07, 6.45) is 11.0. The molecule has 1 aromatic carbocycles. The smallest absolute Gasteiger partial charge is 0.252 e. The van der Waals surface area contributed by atoms with Crippen molar-refractivity contribution in [3.8, 4) is 0 Å². The van der Waals surface area contributed by atoms with Crippen LogP contribution < -0.4 is 10.6 Å². The monoisotopic (exact) mass is 434 g/mol. The van der Waals surface area contributed by atoms with Crippen LogP contribution in [0.15, 0.2) is 18.2 Å². The molecule has 2 fully saturated rings. The van der Waals surface area contributed by atoms with Gasteiger partial charge in [0.1, 0.15) is 0 Å². The fourth-order valence-electron chi connectivity index (χ4n) is 5.24. The van der Waals surface area contributed by atoms with E-state index in [2.05, 4.69) is 10.6 Å². The Kier molecular flexibility index (Phi) is 8.23. The fraction of sp³-hybridized carbons (Fsp3) is 0.720. The molecule has 5 heteroatoms. The number of aliphatic hydroxyl groups excluding tert-OH is 1. The first-order chi connectivity index (χ1) is 14.3. The molecule has 0 saturated heterocycles. The maximum absolute atomic E-state index is 12.9. The molecular weight excluding hydrogens is 396 g/mol. The molecule has 30 heavy (non-hydrogen) atoms. The minimum atomic E-state index is -0.0955. The number of carbonyl (C=O) groups excluding carboxylic acids is 1. The molecule has 2 bridgehead atoms. The molecule has 0 aromatic heterocycles. The molecule has 0 spiro atoms. The zero-order valence-corrected chi connectivity index (χ0v) is 19.5. The van der Waals surface area contributed by atoms with Crippen LogP contribution in [0.5, 0.6) is 0 Å². The average molecular weight is 435 g/mol. The summed E-state index contributed by atoms with van der Waals surface area (Å²) in [7, 11) is 0. The highest BCUT2D eigenvalue weighted by Crippen LogP contribution is 2.48. The molecule has 3 rings (SSSR count). The van der Waals surface area contributed by atoms with Crippen LogP contribution in [-0.2, 0) is 6.42 Å². The second-order valence-corrected chi connectivity index (χ2v) is 10.9. The highest BCUT2D eigenvalue weighted by atomic mass is 35.5. The van der Waals surface area contributed by atoms with Gasteiger partial charge in [-0.2, -0.15) is 0 Å². The quantitative estimate of drug-likeness (QED) is 0.455. The maximum atomic E-state index is 12.9. The van der Waals surface area contributed by atoms with E-state index in [1.165, 1.54) is 44.9 Å². The largest absolute Gasteiger partial charge is 0.396 e. The Hall–Kier alpha value is -1.10. The Bertz CT molecular complexity index is 709. The van der Waals surface area contributed by atoms with Gasteiger partial charge in [0.25, 0.3) is 5.91 Å². The van der Waals surface area contributed by atoms with Crippen molar-refractivity contribution in [1.82, 2.24) is 10.6 Å². The third kappa shape index (κ3) is 6.45. The number of benzene rings is 1. The summed E-state index contributed by atoms with van der Waals surface area (Å²) in [5, 5.41) is 16.5. The summed E-state index contributed by atoms with van der Waals surface area (Å²) in [6.45, 7) is 6.73. The standard InChI is InChI=1S/C25H39ClN2O2/c1-24(2,18-29)16-27-13-5-8-19-9-10-22(26)21(14-19)23(30)28-17-25-11-3-6-20(15-25)7-4-12-25/h9-10,14,20,27,29H,3-8,11-13,15-18H2,1-2H3,(H,28,30). The topological polar surface area (TPSA) is 61.4 Å². The first-order valence-electron chi connectivity index (χ1n) is 11.7. The summed E-state index contributed by atoms with van der Waals surface area (Å²) in [5.41, 5.74) is 1.96. The first-order valence-corrected chi connectivity index (χ1v) is 12.1. The molecule has 2 aliphatic carbocycles. The van der Waals surface area contributed by atoms with E-state index in [1.54, 1.807) is 0 Å². The van der Waals surface area contributed by atoms with Crippen molar-refractivity contribution in [2.24, 2.45) is 16.7 Å². The molecule has 1 amide bonds. The van der Waals surface area contributed by atoms with Gasteiger partial charge in [0.2, 0.25) is 0 Å². The third-order valence-corrected chi connectivity index (χ3v) is 7.44. The lowest BCUT2D eigenvalue weighted by molar-refractivity contribution is 0.0682. The second kappa shape index (κ2) is 10.5. The fourth-order valence-corrected chi connectivity index (χ4v) is 5.44. The number of fused-ring (bicyclic) bond motifs is 2. The molecule has 3 N–H and O–H groups in total. The molecule has 0 heterocycles. The van der Waals surface area contributed by atoms with Crippen molar-refractivity contribution in [3.05, 3.63) is 34.3 Å². The van der Waals surface area contributed by atoms with Crippen LogP contribution in [0, 0.1) is 16.7 Å². The van der Waals surface area contributed by atoms with Gasteiger partial charge in [-0.05, 0) is 67.7 Å². The van der Waals surface area contributed by atoms with Gasteiger partial charge in [-0.25, -0.2) is 0 Å². The van der Waals surface area contributed by atoms with Crippen molar-refractivity contribution in [3.63, 3.8) is 0 Å². The van der Waals surface area contributed by atoms with Gasteiger partial charge >= 0.3 is 0 Å². The number of rotatable bonds is 10. The number of aryl methyl sites for hydroxylation is 1. The van der Waals surface area contributed by atoms with E-state index in [1.807, 2.05) is 32.0 Å². The summed E-state index contributed by atoms with van der Waals surface area (Å²) in [4.78, 5) is 12.9. The number of amides is 1. The lowest BCUT2D eigenvalue weighted by Gasteiger charge is -2.45. The van der Waals surface area contributed by atoms with Gasteiger partial charge in [-0.1, -0.05) is 57.2 Å². The Labute approximate surface area is 187 Å². The molecule has 0 unspecified atom stereocenters. The van der Waals surface area contributed by atoms with Gasteiger partial charge < -0.3 is 15.7 Å². The van der Waals surface area contributed by atoms with E-state index in [4.69, 9.17) is 11.6 Å². The van der Waals surface area contributed by atoms with Crippen LogP contribution in [0.25, 0.3) is 0 Å². The zero-order valence-electron chi connectivity index (χ0n) is 18.7. The number of hydrogen-bond donors (Lipinski definition) is 3. The van der Waals surface area contributed by atoms with E-state index >= 15 is 0 Å². The van der Waals surface area contributed by atoms with Crippen molar-refractivity contribution in [2.45, 2.75) is 71.6 Å². The minimum Gasteiger partial charge on any atom is -0.396 e. The number of carbonyl (C=O) groups is 1. The molecule has 0 atom stereocenters. The predicted molar refractivity (Wildman–Crippen MR) is 124 cm³/mol. The molecule has 0 aliphatic heterocycles. The van der Waals surface area contributed by atoms with Gasteiger partial charge in [-0.3, -0.25) is 4.79 Å². The van der Waals surface area contributed by atoms with E-state index in [9.17, 15) is 9.90 Å². The Morgan fingerprint density at radius 1 is 1.27 bits per heavy atom. The van der Waals surface area contributed by atoms with E-state index in [-0.39, 0.29) is 17.9 Å². The van der Waals surface area contributed by atoms with Gasteiger partial charge in [0.05, 0.1) is 10.6 Å².